The molecule has 0 aliphatic carbocycles. The van der Waals surface area contributed by atoms with E-state index in [2.05, 4.69) is 29.4 Å². The lowest BCUT2D eigenvalue weighted by Crippen LogP contribution is -2.49. The number of nitrogens with zero attached hydrogens (tertiary/aromatic N) is 1. The highest BCUT2D eigenvalue weighted by molar-refractivity contribution is 5.82. The molecule has 2 aromatic rings. The predicted molar refractivity (Wildman–Crippen MR) is 101 cm³/mol. The summed E-state index contributed by atoms with van der Waals surface area (Å²) in [6.45, 7) is 10.5. The van der Waals surface area contributed by atoms with Crippen molar-refractivity contribution >= 4 is 17.0 Å². The van der Waals surface area contributed by atoms with Crippen LogP contribution in [-0.2, 0) is 0 Å². The van der Waals surface area contributed by atoms with E-state index in [9.17, 15) is 4.79 Å². The Morgan fingerprint density at radius 3 is 2.52 bits per heavy atom. The summed E-state index contributed by atoms with van der Waals surface area (Å²) in [6, 6.07) is 8.52. The number of carbonyl (C=O) groups is 1. The molecule has 1 aromatic heterocycles. The van der Waals surface area contributed by atoms with Gasteiger partial charge >= 0.3 is 6.03 Å². The van der Waals surface area contributed by atoms with Crippen LogP contribution in [0.15, 0.2) is 28.7 Å². The number of fused-ring (bicyclic) bond motifs is 1. The summed E-state index contributed by atoms with van der Waals surface area (Å²) < 4.78 is 5.94. The number of carbonyl (C=O) groups excluding carboxylic acids is 1. The lowest BCUT2D eigenvalue weighted by atomic mass is 10.0. The molecule has 5 nitrogen and oxygen atoms in total. The Morgan fingerprint density at radius 1 is 1.20 bits per heavy atom. The number of nitrogens with one attached hydrogen (secondary N) is 2. The number of rotatable bonds is 4. The van der Waals surface area contributed by atoms with E-state index in [1.165, 1.54) is 0 Å². The van der Waals surface area contributed by atoms with E-state index < -0.39 is 0 Å². The van der Waals surface area contributed by atoms with Crippen LogP contribution in [0.5, 0.6) is 0 Å². The molecule has 1 fully saturated rings. The van der Waals surface area contributed by atoms with Gasteiger partial charge in [-0.05, 0) is 46.6 Å². The van der Waals surface area contributed by atoms with Gasteiger partial charge in [0.15, 0.2) is 0 Å². The third kappa shape index (κ3) is 3.98. The molecule has 1 saturated heterocycles. The van der Waals surface area contributed by atoms with E-state index in [4.69, 9.17) is 4.42 Å². The van der Waals surface area contributed by atoms with Crippen LogP contribution in [0, 0.1) is 6.92 Å². The van der Waals surface area contributed by atoms with E-state index in [-0.39, 0.29) is 18.1 Å². The maximum Gasteiger partial charge on any atom is 0.315 e. The fourth-order valence-corrected chi connectivity index (χ4v) is 3.66. The number of likely N-dealkylation sites (tertiary alicyclic amines) is 1. The number of hydrogen-bond acceptors (Lipinski definition) is 3. The Bertz CT molecular complexity index is 730. The summed E-state index contributed by atoms with van der Waals surface area (Å²) in [5, 5.41) is 7.24. The van der Waals surface area contributed by atoms with Gasteiger partial charge in [-0.2, -0.15) is 0 Å². The Morgan fingerprint density at radius 2 is 1.88 bits per heavy atom. The minimum Gasteiger partial charge on any atom is -0.459 e. The van der Waals surface area contributed by atoms with Crippen molar-refractivity contribution in [1.82, 2.24) is 15.5 Å². The number of amides is 2. The SMILES string of the molecule is Cc1c(C(C)NC(=O)NC2CCN(C(C)C)CC2)oc2ccccc12. The summed E-state index contributed by atoms with van der Waals surface area (Å²) >= 11 is 0. The molecule has 1 atom stereocenters. The van der Waals surface area contributed by atoms with Gasteiger partial charge in [0, 0.05) is 36.1 Å². The van der Waals surface area contributed by atoms with Gasteiger partial charge < -0.3 is 20.0 Å². The van der Waals surface area contributed by atoms with Crippen LogP contribution in [0.25, 0.3) is 11.0 Å². The Labute approximate surface area is 149 Å². The molecule has 0 spiro atoms. The van der Waals surface area contributed by atoms with Crippen LogP contribution in [0.3, 0.4) is 0 Å². The molecule has 1 unspecified atom stereocenters. The molecule has 0 radical (unpaired) electrons. The molecule has 2 heterocycles. The minimum absolute atomic E-state index is 0.115. The van der Waals surface area contributed by atoms with E-state index in [1.807, 2.05) is 38.1 Å². The molecule has 2 amide bonds. The van der Waals surface area contributed by atoms with Gasteiger partial charge in [-0.15, -0.1) is 0 Å². The van der Waals surface area contributed by atoms with Gasteiger partial charge in [-0.25, -0.2) is 4.79 Å². The van der Waals surface area contributed by atoms with Gasteiger partial charge in [0.2, 0.25) is 0 Å². The average molecular weight is 343 g/mol. The fraction of sp³-hybridized carbons (Fsp3) is 0.550. The van der Waals surface area contributed by atoms with E-state index >= 15 is 0 Å². The Hall–Kier alpha value is -2.01. The van der Waals surface area contributed by atoms with Crippen LogP contribution in [0.1, 0.15) is 51.0 Å². The first-order valence-electron chi connectivity index (χ1n) is 9.24. The number of hydrogen-bond donors (Lipinski definition) is 2. The first kappa shape index (κ1) is 17.8. The number of para-hydroxylation sites is 1. The van der Waals surface area contributed by atoms with Gasteiger partial charge in [-0.1, -0.05) is 18.2 Å². The summed E-state index contributed by atoms with van der Waals surface area (Å²) in [5.74, 6) is 0.825. The zero-order valence-electron chi connectivity index (χ0n) is 15.6. The Kier molecular flexibility index (Phi) is 5.33. The van der Waals surface area contributed by atoms with Crippen molar-refractivity contribution in [2.24, 2.45) is 0 Å². The second-order valence-electron chi connectivity index (χ2n) is 7.33. The van der Waals surface area contributed by atoms with Crippen molar-refractivity contribution in [2.75, 3.05) is 13.1 Å². The maximum atomic E-state index is 12.4. The maximum absolute atomic E-state index is 12.4. The predicted octanol–water partition coefficient (Wildman–Crippen LogP) is 3.97. The van der Waals surface area contributed by atoms with Crippen LogP contribution in [0.4, 0.5) is 4.79 Å². The number of furan rings is 1. The summed E-state index contributed by atoms with van der Waals surface area (Å²) in [6.07, 6.45) is 2.01. The molecule has 0 saturated carbocycles. The third-order valence-corrected chi connectivity index (χ3v) is 5.22. The fourth-order valence-electron chi connectivity index (χ4n) is 3.66. The normalized spacial score (nSPS) is 17.8. The molecule has 0 bridgehead atoms. The first-order chi connectivity index (χ1) is 12.0. The van der Waals surface area contributed by atoms with Crippen LogP contribution >= 0.6 is 0 Å². The molecule has 1 aromatic carbocycles. The van der Waals surface area contributed by atoms with Gasteiger partial charge in [-0.3, -0.25) is 0 Å². The number of benzene rings is 1. The van der Waals surface area contributed by atoms with E-state index in [0.717, 1.165) is 48.2 Å². The second-order valence-corrected chi connectivity index (χ2v) is 7.33. The van der Waals surface area contributed by atoms with Crippen molar-refractivity contribution in [3.05, 3.63) is 35.6 Å². The van der Waals surface area contributed by atoms with Gasteiger partial charge in [0.25, 0.3) is 0 Å². The highest BCUT2D eigenvalue weighted by Crippen LogP contribution is 2.29. The van der Waals surface area contributed by atoms with Crippen LogP contribution in [0.2, 0.25) is 0 Å². The molecule has 3 rings (SSSR count). The molecular weight excluding hydrogens is 314 g/mol. The standard InChI is InChI=1S/C20H29N3O2/c1-13(2)23-11-9-16(10-12-23)22-20(24)21-15(4)19-14(3)17-7-5-6-8-18(17)25-19/h5-8,13,15-16H,9-12H2,1-4H3,(H2,21,22,24). The summed E-state index contributed by atoms with van der Waals surface area (Å²) in [4.78, 5) is 14.8. The van der Waals surface area contributed by atoms with E-state index in [0.29, 0.717) is 6.04 Å². The minimum atomic E-state index is -0.164. The van der Waals surface area contributed by atoms with E-state index in [1.54, 1.807) is 0 Å². The zero-order valence-corrected chi connectivity index (χ0v) is 15.6. The monoisotopic (exact) mass is 343 g/mol. The smallest absolute Gasteiger partial charge is 0.315 e. The number of piperidine rings is 1. The van der Waals surface area contributed by atoms with Gasteiger partial charge in [0.1, 0.15) is 11.3 Å². The van der Waals surface area contributed by atoms with Crippen molar-refractivity contribution in [1.29, 1.82) is 0 Å². The quantitative estimate of drug-likeness (QED) is 0.883. The molecule has 1 aliphatic heterocycles. The molecular formula is C20H29N3O2. The van der Waals surface area contributed by atoms with Crippen molar-refractivity contribution in [3.8, 4) is 0 Å². The van der Waals surface area contributed by atoms with Crippen molar-refractivity contribution in [2.45, 2.75) is 58.7 Å². The molecule has 136 valence electrons. The highest BCUT2D eigenvalue weighted by atomic mass is 16.3. The van der Waals surface area contributed by atoms with Crippen molar-refractivity contribution in [3.63, 3.8) is 0 Å². The largest absolute Gasteiger partial charge is 0.459 e. The highest BCUT2D eigenvalue weighted by Gasteiger charge is 2.23. The van der Waals surface area contributed by atoms with Crippen LogP contribution < -0.4 is 10.6 Å². The van der Waals surface area contributed by atoms with Crippen molar-refractivity contribution < 1.29 is 9.21 Å². The lowest BCUT2D eigenvalue weighted by molar-refractivity contribution is 0.160. The lowest BCUT2D eigenvalue weighted by Gasteiger charge is -2.35. The number of urea groups is 1. The zero-order chi connectivity index (χ0) is 18.0. The summed E-state index contributed by atoms with van der Waals surface area (Å²) in [7, 11) is 0. The topological polar surface area (TPSA) is 57.5 Å². The van der Waals surface area contributed by atoms with Gasteiger partial charge in [0.05, 0.1) is 6.04 Å². The summed E-state index contributed by atoms with van der Waals surface area (Å²) in [5.41, 5.74) is 1.96. The third-order valence-electron chi connectivity index (χ3n) is 5.22. The first-order valence-corrected chi connectivity index (χ1v) is 9.24. The molecule has 1 aliphatic rings. The second kappa shape index (κ2) is 7.48. The molecule has 5 heteroatoms. The molecule has 25 heavy (non-hydrogen) atoms. The number of aryl methyl sites for hydroxylation is 1. The van der Waals surface area contributed by atoms with Crippen LogP contribution in [-0.4, -0.2) is 36.1 Å². The Balaban J connectivity index is 1.56. The molecule has 2 N–H and O–H groups in total. The average Bonchev–Trinajstić information content (AvgIpc) is 2.92.